The van der Waals surface area contributed by atoms with E-state index >= 15 is 0 Å². The lowest BCUT2D eigenvalue weighted by molar-refractivity contribution is -0.132. The molecule has 0 radical (unpaired) electrons. The maximum absolute atomic E-state index is 13.3. The van der Waals surface area contributed by atoms with Gasteiger partial charge < -0.3 is 9.64 Å². The molecule has 4 rings (SSSR count). The van der Waals surface area contributed by atoms with E-state index in [1.807, 2.05) is 30.5 Å². The SMILES string of the molecule is O=C(CN1CCC(Oc2cncc3ccccc23)CC1)N1CC[C@H](F)C1. The van der Waals surface area contributed by atoms with E-state index in [0.717, 1.165) is 42.5 Å². The molecule has 26 heavy (non-hydrogen) atoms. The Balaban J connectivity index is 1.30. The number of aromatic nitrogens is 1. The lowest BCUT2D eigenvalue weighted by Crippen LogP contribution is -2.44. The number of alkyl halides is 1. The maximum Gasteiger partial charge on any atom is 0.236 e. The Morgan fingerprint density at radius 1 is 1.15 bits per heavy atom. The Bertz CT molecular complexity index is 771. The van der Waals surface area contributed by atoms with Crippen molar-refractivity contribution in [3.63, 3.8) is 0 Å². The van der Waals surface area contributed by atoms with E-state index in [0.29, 0.717) is 19.5 Å². The van der Waals surface area contributed by atoms with Crippen LogP contribution in [-0.2, 0) is 4.79 Å². The number of amides is 1. The fourth-order valence-electron chi connectivity index (χ4n) is 3.78. The van der Waals surface area contributed by atoms with Crippen LogP contribution >= 0.6 is 0 Å². The minimum atomic E-state index is -0.854. The molecule has 0 aliphatic carbocycles. The third kappa shape index (κ3) is 3.80. The number of hydrogen-bond donors (Lipinski definition) is 0. The minimum absolute atomic E-state index is 0.0442. The summed E-state index contributed by atoms with van der Waals surface area (Å²) in [5.41, 5.74) is 0. The van der Waals surface area contributed by atoms with Crippen molar-refractivity contribution in [2.75, 3.05) is 32.7 Å². The van der Waals surface area contributed by atoms with Crippen molar-refractivity contribution in [2.24, 2.45) is 0 Å². The predicted octanol–water partition coefficient (Wildman–Crippen LogP) is 2.65. The summed E-state index contributed by atoms with van der Waals surface area (Å²) < 4.78 is 19.5. The van der Waals surface area contributed by atoms with E-state index in [1.165, 1.54) is 0 Å². The summed E-state index contributed by atoms with van der Waals surface area (Å²) >= 11 is 0. The van der Waals surface area contributed by atoms with E-state index < -0.39 is 6.17 Å². The van der Waals surface area contributed by atoms with Gasteiger partial charge in [-0.15, -0.1) is 0 Å². The molecule has 1 aromatic carbocycles. The Hall–Kier alpha value is -2.21. The molecule has 0 unspecified atom stereocenters. The number of carbonyl (C=O) groups excluding carboxylic acids is 1. The van der Waals surface area contributed by atoms with Crippen molar-refractivity contribution in [1.29, 1.82) is 0 Å². The maximum atomic E-state index is 13.3. The van der Waals surface area contributed by atoms with E-state index in [-0.39, 0.29) is 18.6 Å². The number of hydrogen-bond acceptors (Lipinski definition) is 4. The van der Waals surface area contributed by atoms with Crippen molar-refractivity contribution >= 4 is 16.7 Å². The number of fused-ring (bicyclic) bond motifs is 1. The van der Waals surface area contributed by atoms with Crippen LogP contribution in [0.25, 0.3) is 10.8 Å². The van der Waals surface area contributed by atoms with Crippen LogP contribution in [0, 0.1) is 0 Å². The van der Waals surface area contributed by atoms with Gasteiger partial charge in [0.05, 0.1) is 19.3 Å². The second-order valence-corrected chi connectivity index (χ2v) is 7.18. The molecular formula is C20H24FN3O2. The summed E-state index contributed by atoms with van der Waals surface area (Å²) in [7, 11) is 0. The van der Waals surface area contributed by atoms with Crippen LogP contribution in [-0.4, -0.2) is 65.7 Å². The molecule has 5 nitrogen and oxygen atoms in total. The van der Waals surface area contributed by atoms with E-state index in [1.54, 1.807) is 11.1 Å². The van der Waals surface area contributed by atoms with Gasteiger partial charge in [0.25, 0.3) is 0 Å². The summed E-state index contributed by atoms with van der Waals surface area (Å²) in [5, 5.41) is 2.15. The largest absolute Gasteiger partial charge is 0.488 e. The first-order chi connectivity index (χ1) is 12.7. The minimum Gasteiger partial charge on any atom is -0.488 e. The first kappa shape index (κ1) is 17.2. The van der Waals surface area contributed by atoms with Gasteiger partial charge in [0.1, 0.15) is 18.0 Å². The highest BCUT2D eigenvalue weighted by Crippen LogP contribution is 2.27. The molecule has 2 fully saturated rings. The molecule has 3 heterocycles. The van der Waals surface area contributed by atoms with Gasteiger partial charge in [0.15, 0.2) is 0 Å². The smallest absolute Gasteiger partial charge is 0.236 e. The van der Waals surface area contributed by atoms with Crippen LogP contribution in [0.3, 0.4) is 0 Å². The van der Waals surface area contributed by atoms with Crippen molar-refractivity contribution < 1.29 is 13.9 Å². The Morgan fingerprint density at radius 2 is 1.96 bits per heavy atom. The van der Waals surface area contributed by atoms with Crippen LogP contribution in [0.2, 0.25) is 0 Å². The second-order valence-electron chi connectivity index (χ2n) is 7.18. The van der Waals surface area contributed by atoms with Crippen LogP contribution in [0.15, 0.2) is 36.7 Å². The number of carbonyl (C=O) groups is 1. The van der Waals surface area contributed by atoms with Crippen molar-refractivity contribution in [3.8, 4) is 5.75 Å². The Morgan fingerprint density at radius 3 is 2.73 bits per heavy atom. The summed E-state index contributed by atoms with van der Waals surface area (Å²) in [4.78, 5) is 20.3. The molecule has 2 saturated heterocycles. The molecule has 0 N–H and O–H groups in total. The van der Waals surface area contributed by atoms with Gasteiger partial charge in [-0.2, -0.15) is 0 Å². The number of ether oxygens (including phenoxy) is 1. The van der Waals surface area contributed by atoms with Gasteiger partial charge in [0.2, 0.25) is 5.91 Å². The van der Waals surface area contributed by atoms with Gasteiger partial charge in [-0.05, 0) is 19.3 Å². The fraction of sp³-hybridized carbons (Fsp3) is 0.500. The van der Waals surface area contributed by atoms with Crippen molar-refractivity contribution in [3.05, 3.63) is 36.7 Å². The van der Waals surface area contributed by atoms with E-state index in [9.17, 15) is 9.18 Å². The molecule has 0 saturated carbocycles. The zero-order chi connectivity index (χ0) is 17.9. The summed E-state index contributed by atoms with van der Waals surface area (Å²) in [6.07, 6.45) is 5.13. The normalized spacial score (nSPS) is 22.0. The monoisotopic (exact) mass is 357 g/mol. The third-order valence-electron chi connectivity index (χ3n) is 5.30. The lowest BCUT2D eigenvalue weighted by Gasteiger charge is -2.32. The molecule has 6 heteroatoms. The number of piperidine rings is 1. The standard InChI is InChI=1S/C20H24FN3O2/c21-16-5-10-24(13-16)20(25)14-23-8-6-17(7-9-23)26-19-12-22-11-15-3-1-2-4-18(15)19/h1-4,11-12,16-17H,5-10,13-14H2/t16-/m0/s1. The number of benzene rings is 1. The fourth-order valence-corrected chi connectivity index (χ4v) is 3.78. The first-order valence-electron chi connectivity index (χ1n) is 9.32. The third-order valence-corrected chi connectivity index (χ3v) is 5.30. The predicted molar refractivity (Wildman–Crippen MR) is 97.9 cm³/mol. The van der Waals surface area contributed by atoms with Gasteiger partial charge in [-0.1, -0.05) is 24.3 Å². The topological polar surface area (TPSA) is 45.7 Å². The molecule has 1 aromatic heterocycles. The van der Waals surface area contributed by atoms with Gasteiger partial charge in [-0.3, -0.25) is 14.7 Å². The number of halogens is 1. The second kappa shape index (κ2) is 7.58. The molecule has 1 atom stereocenters. The number of rotatable bonds is 4. The van der Waals surface area contributed by atoms with Crippen LogP contribution in [0.5, 0.6) is 5.75 Å². The van der Waals surface area contributed by atoms with E-state index in [4.69, 9.17) is 4.74 Å². The van der Waals surface area contributed by atoms with Crippen molar-refractivity contribution in [1.82, 2.24) is 14.8 Å². The average molecular weight is 357 g/mol. The van der Waals surface area contributed by atoms with Gasteiger partial charge in [0, 0.05) is 36.6 Å². The Kier molecular flexibility index (Phi) is 5.02. The van der Waals surface area contributed by atoms with Gasteiger partial charge >= 0.3 is 0 Å². The molecule has 0 bridgehead atoms. The molecule has 2 aliphatic heterocycles. The first-order valence-corrected chi connectivity index (χ1v) is 9.32. The quantitative estimate of drug-likeness (QED) is 0.844. The van der Waals surface area contributed by atoms with Crippen LogP contribution in [0.1, 0.15) is 19.3 Å². The zero-order valence-corrected chi connectivity index (χ0v) is 14.8. The van der Waals surface area contributed by atoms with E-state index in [2.05, 4.69) is 9.88 Å². The lowest BCUT2D eigenvalue weighted by atomic mass is 10.1. The average Bonchev–Trinajstić information content (AvgIpc) is 3.10. The molecule has 2 aromatic rings. The highest BCUT2D eigenvalue weighted by atomic mass is 19.1. The van der Waals surface area contributed by atoms with Crippen LogP contribution < -0.4 is 4.74 Å². The zero-order valence-electron chi connectivity index (χ0n) is 14.8. The van der Waals surface area contributed by atoms with Crippen molar-refractivity contribution in [2.45, 2.75) is 31.5 Å². The summed E-state index contributed by atoms with van der Waals surface area (Å²) in [5.74, 6) is 0.867. The number of nitrogens with zero attached hydrogens (tertiary/aromatic N) is 3. The van der Waals surface area contributed by atoms with Gasteiger partial charge in [-0.25, -0.2) is 4.39 Å². The molecule has 1 amide bonds. The summed E-state index contributed by atoms with van der Waals surface area (Å²) in [6, 6.07) is 8.08. The van der Waals surface area contributed by atoms with Crippen LogP contribution in [0.4, 0.5) is 4.39 Å². The molecule has 0 spiro atoms. The highest BCUT2D eigenvalue weighted by Gasteiger charge is 2.28. The number of likely N-dealkylation sites (tertiary alicyclic amines) is 2. The Labute approximate surface area is 152 Å². The number of pyridine rings is 1. The summed E-state index contributed by atoms with van der Waals surface area (Å²) in [6.45, 7) is 2.83. The molecular weight excluding hydrogens is 333 g/mol. The highest BCUT2D eigenvalue weighted by molar-refractivity contribution is 5.87. The molecule has 2 aliphatic rings. The molecule has 138 valence electrons.